The summed E-state index contributed by atoms with van der Waals surface area (Å²) in [4.78, 5) is 0. The van der Waals surface area contributed by atoms with Crippen LogP contribution in [0.1, 0.15) is 40.0 Å². The number of rotatable bonds is 1. The second-order valence-electron chi connectivity index (χ2n) is 5.09. The fourth-order valence-electron chi connectivity index (χ4n) is 2.85. The number of ether oxygens (including phenoxy) is 1. The molecule has 2 saturated heterocycles. The third-order valence-electron chi connectivity index (χ3n) is 4.29. The van der Waals surface area contributed by atoms with E-state index < -0.39 is 0 Å². The van der Waals surface area contributed by atoms with Gasteiger partial charge in [-0.25, -0.2) is 0 Å². The minimum Gasteiger partial charge on any atom is -0.378 e. The molecule has 3 fully saturated rings. The van der Waals surface area contributed by atoms with E-state index in [1.165, 1.54) is 19.3 Å². The zero-order chi connectivity index (χ0) is 8.77. The van der Waals surface area contributed by atoms with Crippen molar-refractivity contribution >= 4 is 0 Å². The molecule has 1 heteroatoms. The molecular weight excluding hydrogens is 148 g/mol. The first-order valence-electron chi connectivity index (χ1n) is 5.24. The topological polar surface area (TPSA) is 9.23 Å². The quantitative estimate of drug-likeness (QED) is 0.585. The second kappa shape index (κ2) is 2.73. The van der Waals surface area contributed by atoms with Crippen LogP contribution < -0.4 is 0 Å². The second-order valence-corrected chi connectivity index (χ2v) is 5.09. The lowest BCUT2D eigenvalue weighted by atomic mass is 9.60. The van der Waals surface area contributed by atoms with Crippen LogP contribution in [0.15, 0.2) is 0 Å². The normalized spacial score (nSPS) is 47.0. The monoisotopic (exact) mass is 168 g/mol. The Morgan fingerprint density at radius 2 is 2.08 bits per heavy atom. The first kappa shape index (κ1) is 8.55. The molecule has 0 aromatic carbocycles. The maximum Gasteiger partial charge on any atom is 0.0580 e. The first-order valence-corrected chi connectivity index (χ1v) is 5.24. The van der Waals surface area contributed by atoms with Crippen molar-refractivity contribution in [2.75, 3.05) is 6.61 Å². The summed E-state index contributed by atoms with van der Waals surface area (Å²) < 4.78 is 5.72. The molecular formula is C11H20O. The molecule has 70 valence electrons. The van der Waals surface area contributed by atoms with Crippen molar-refractivity contribution in [2.24, 2.45) is 17.3 Å². The Bertz CT molecular complexity index is 168. The van der Waals surface area contributed by atoms with Crippen LogP contribution in [-0.2, 0) is 4.74 Å². The third kappa shape index (κ3) is 1.10. The molecule has 1 aliphatic carbocycles. The van der Waals surface area contributed by atoms with Gasteiger partial charge in [0.2, 0.25) is 0 Å². The minimum absolute atomic E-state index is 0.571. The fraction of sp³-hybridized carbons (Fsp3) is 1.00. The standard InChI is InChI=1S/C11H20O/c1-8(2)11(3)6-10-5-4-9(11)7-12-10/h8-10H,4-7H2,1-3H3. The van der Waals surface area contributed by atoms with Gasteiger partial charge in [0, 0.05) is 0 Å². The average Bonchev–Trinajstić information content (AvgIpc) is 2.05. The molecule has 2 bridgehead atoms. The summed E-state index contributed by atoms with van der Waals surface area (Å²) in [6.45, 7) is 8.21. The summed E-state index contributed by atoms with van der Waals surface area (Å²) in [5.74, 6) is 1.65. The van der Waals surface area contributed by atoms with Crippen LogP contribution >= 0.6 is 0 Å². The highest BCUT2D eigenvalue weighted by molar-refractivity contribution is 4.95. The van der Waals surface area contributed by atoms with E-state index in [0.717, 1.165) is 18.4 Å². The van der Waals surface area contributed by atoms with E-state index >= 15 is 0 Å². The minimum atomic E-state index is 0.571. The van der Waals surface area contributed by atoms with Gasteiger partial charge in [-0.1, -0.05) is 20.8 Å². The molecule has 1 nitrogen and oxygen atoms in total. The lowest BCUT2D eigenvalue weighted by Gasteiger charge is -2.52. The van der Waals surface area contributed by atoms with E-state index in [9.17, 15) is 0 Å². The van der Waals surface area contributed by atoms with Gasteiger partial charge in [-0.2, -0.15) is 0 Å². The van der Waals surface area contributed by atoms with Gasteiger partial charge in [-0.05, 0) is 36.5 Å². The molecule has 0 N–H and O–H groups in total. The Morgan fingerprint density at radius 3 is 2.33 bits per heavy atom. The van der Waals surface area contributed by atoms with Gasteiger partial charge in [0.25, 0.3) is 0 Å². The molecule has 3 rings (SSSR count). The molecule has 3 aliphatic rings. The van der Waals surface area contributed by atoms with Crippen LogP contribution in [-0.4, -0.2) is 12.7 Å². The Balaban J connectivity index is 2.17. The summed E-state index contributed by atoms with van der Waals surface area (Å²) in [5, 5.41) is 0. The van der Waals surface area contributed by atoms with Crippen molar-refractivity contribution in [1.82, 2.24) is 0 Å². The van der Waals surface area contributed by atoms with Gasteiger partial charge in [0.1, 0.15) is 0 Å². The summed E-state index contributed by atoms with van der Waals surface area (Å²) in [5.41, 5.74) is 0.571. The number of hydrogen-bond donors (Lipinski definition) is 0. The Morgan fingerprint density at radius 1 is 1.33 bits per heavy atom. The number of fused-ring (bicyclic) bond motifs is 3. The van der Waals surface area contributed by atoms with Crippen LogP contribution in [0.25, 0.3) is 0 Å². The third-order valence-corrected chi connectivity index (χ3v) is 4.29. The van der Waals surface area contributed by atoms with Crippen molar-refractivity contribution in [3.63, 3.8) is 0 Å². The van der Waals surface area contributed by atoms with Crippen molar-refractivity contribution in [3.8, 4) is 0 Å². The predicted molar refractivity (Wildman–Crippen MR) is 50.0 cm³/mol. The molecule has 0 spiro atoms. The maximum atomic E-state index is 5.72. The molecule has 2 heterocycles. The van der Waals surface area contributed by atoms with Crippen LogP contribution in [0.5, 0.6) is 0 Å². The molecule has 0 radical (unpaired) electrons. The summed E-state index contributed by atoms with van der Waals surface area (Å²) >= 11 is 0. The van der Waals surface area contributed by atoms with Crippen LogP contribution in [0.3, 0.4) is 0 Å². The SMILES string of the molecule is CC(C)C1(C)CC2CCC1CO2. The van der Waals surface area contributed by atoms with Gasteiger partial charge in [0.05, 0.1) is 12.7 Å². The highest BCUT2D eigenvalue weighted by Gasteiger charge is 2.46. The van der Waals surface area contributed by atoms with Crippen molar-refractivity contribution < 1.29 is 4.74 Å². The molecule has 12 heavy (non-hydrogen) atoms. The van der Waals surface area contributed by atoms with Gasteiger partial charge in [-0.3, -0.25) is 0 Å². The molecule has 0 amide bonds. The fourth-order valence-corrected chi connectivity index (χ4v) is 2.85. The summed E-state index contributed by atoms with van der Waals surface area (Å²) in [7, 11) is 0. The zero-order valence-corrected chi connectivity index (χ0v) is 8.47. The maximum absolute atomic E-state index is 5.72. The van der Waals surface area contributed by atoms with Crippen LogP contribution in [0, 0.1) is 17.3 Å². The van der Waals surface area contributed by atoms with Gasteiger partial charge >= 0.3 is 0 Å². The highest BCUT2D eigenvalue weighted by atomic mass is 16.5. The van der Waals surface area contributed by atoms with Gasteiger partial charge < -0.3 is 4.74 Å². The molecule has 3 unspecified atom stereocenters. The van der Waals surface area contributed by atoms with Crippen molar-refractivity contribution in [2.45, 2.75) is 46.1 Å². The number of hydrogen-bond acceptors (Lipinski definition) is 1. The summed E-state index contributed by atoms with van der Waals surface area (Å²) in [6.07, 6.45) is 4.60. The average molecular weight is 168 g/mol. The lowest BCUT2D eigenvalue weighted by molar-refractivity contribution is -0.146. The van der Waals surface area contributed by atoms with E-state index in [0.29, 0.717) is 11.5 Å². The van der Waals surface area contributed by atoms with E-state index in [-0.39, 0.29) is 0 Å². The van der Waals surface area contributed by atoms with Crippen molar-refractivity contribution in [1.29, 1.82) is 0 Å². The van der Waals surface area contributed by atoms with E-state index in [1.54, 1.807) is 0 Å². The lowest BCUT2D eigenvalue weighted by Crippen LogP contribution is -2.48. The van der Waals surface area contributed by atoms with E-state index in [1.807, 2.05) is 0 Å². The molecule has 0 aromatic rings. The molecule has 1 saturated carbocycles. The Labute approximate surface area is 75.5 Å². The van der Waals surface area contributed by atoms with E-state index in [4.69, 9.17) is 4.74 Å². The predicted octanol–water partition coefficient (Wildman–Crippen LogP) is 2.85. The van der Waals surface area contributed by atoms with E-state index in [2.05, 4.69) is 20.8 Å². The van der Waals surface area contributed by atoms with Gasteiger partial charge in [-0.15, -0.1) is 0 Å². The molecule has 3 atom stereocenters. The largest absolute Gasteiger partial charge is 0.378 e. The van der Waals surface area contributed by atoms with Crippen LogP contribution in [0.2, 0.25) is 0 Å². The Hall–Kier alpha value is -0.0400. The molecule has 0 aromatic heterocycles. The van der Waals surface area contributed by atoms with Gasteiger partial charge in [0.15, 0.2) is 0 Å². The highest BCUT2D eigenvalue weighted by Crippen LogP contribution is 2.50. The molecule has 2 aliphatic heterocycles. The smallest absolute Gasteiger partial charge is 0.0580 e. The zero-order valence-electron chi connectivity index (χ0n) is 8.47. The Kier molecular flexibility index (Phi) is 1.95. The van der Waals surface area contributed by atoms with Crippen LogP contribution in [0.4, 0.5) is 0 Å². The summed E-state index contributed by atoms with van der Waals surface area (Å²) in [6, 6.07) is 0. The van der Waals surface area contributed by atoms with Crippen molar-refractivity contribution in [3.05, 3.63) is 0 Å². The first-order chi connectivity index (χ1) is 5.63.